The van der Waals surface area contributed by atoms with E-state index < -0.39 is 5.60 Å². The van der Waals surface area contributed by atoms with E-state index in [2.05, 4.69) is 34.7 Å². The summed E-state index contributed by atoms with van der Waals surface area (Å²) in [7, 11) is 0. The maximum Gasteiger partial charge on any atom is 0.307 e. The van der Waals surface area contributed by atoms with E-state index in [9.17, 15) is 4.79 Å². The molecule has 0 atom stereocenters. The number of hydrogen-bond acceptors (Lipinski definition) is 3. The number of ether oxygens (including phenoxy) is 1. The summed E-state index contributed by atoms with van der Waals surface area (Å²) in [4.78, 5) is 14.8. The summed E-state index contributed by atoms with van der Waals surface area (Å²) in [6.07, 6.45) is 3.41. The Balaban J connectivity index is 1.70. The fourth-order valence-electron chi connectivity index (χ4n) is 2.27. The number of benzene rings is 1. The van der Waals surface area contributed by atoms with Crippen molar-refractivity contribution in [3.05, 3.63) is 36.0 Å². The summed E-state index contributed by atoms with van der Waals surface area (Å²) in [5.41, 5.74) is 2.07. The molecule has 2 aromatic rings. The molecule has 0 saturated heterocycles. The molecule has 0 radical (unpaired) electrons. The van der Waals surface area contributed by atoms with Crippen LogP contribution in [0.15, 0.2) is 30.5 Å². The number of aromatic amines is 1. The number of aromatic nitrogens is 1. The van der Waals surface area contributed by atoms with Gasteiger partial charge >= 0.3 is 5.97 Å². The second-order valence-electron chi connectivity index (χ2n) is 6.20. The Kier molecular flexibility index (Phi) is 5.02. The lowest BCUT2D eigenvalue weighted by Crippen LogP contribution is -2.27. The Morgan fingerprint density at radius 3 is 2.76 bits per heavy atom. The van der Waals surface area contributed by atoms with E-state index in [0.717, 1.165) is 13.0 Å². The average Bonchev–Trinajstić information content (AvgIpc) is 2.80. The lowest BCUT2D eigenvalue weighted by Gasteiger charge is -2.19. The first kappa shape index (κ1) is 15.6. The van der Waals surface area contributed by atoms with Crippen molar-refractivity contribution in [1.29, 1.82) is 0 Å². The Hall–Kier alpha value is -1.81. The number of fused-ring (bicyclic) bond motifs is 1. The fourth-order valence-corrected chi connectivity index (χ4v) is 2.27. The van der Waals surface area contributed by atoms with Gasteiger partial charge in [-0.1, -0.05) is 18.2 Å². The van der Waals surface area contributed by atoms with Gasteiger partial charge in [-0.2, -0.15) is 0 Å². The van der Waals surface area contributed by atoms with Crippen LogP contribution < -0.4 is 5.32 Å². The number of carbonyl (C=O) groups is 1. The van der Waals surface area contributed by atoms with Gasteiger partial charge in [0.1, 0.15) is 5.60 Å². The summed E-state index contributed by atoms with van der Waals surface area (Å²) in [6.45, 7) is 7.15. The van der Waals surface area contributed by atoms with Crippen LogP contribution in [0.4, 0.5) is 0 Å². The summed E-state index contributed by atoms with van der Waals surface area (Å²) in [5.74, 6) is -0.151. The molecule has 0 unspecified atom stereocenters. The fraction of sp³-hybridized carbons (Fsp3) is 0.471. The minimum absolute atomic E-state index is 0.151. The van der Waals surface area contributed by atoms with E-state index in [4.69, 9.17) is 4.74 Å². The van der Waals surface area contributed by atoms with Crippen LogP contribution in [0.3, 0.4) is 0 Å². The summed E-state index contributed by atoms with van der Waals surface area (Å²) < 4.78 is 5.26. The van der Waals surface area contributed by atoms with E-state index in [0.29, 0.717) is 13.0 Å². The van der Waals surface area contributed by atoms with Crippen molar-refractivity contribution in [2.24, 2.45) is 0 Å². The monoisotopic (exact) mass is 288 g/mol. The summed E-state index contributed by atoms with van der Waals surface area (Å²) in [5, 5.41) is 4.56. The van der Waals surface area contributed by atoms with Crippen molar-refractivity contribution in [1.82, 2.24) is 10.3 Å². The maximum absolute atomic E-state index is 11.6. The van der Waals surface area contributed by atoms with Gasteiger partial charge in [-0.05, 0) is 45.4 Å². The van der Waals surface area contributed by atoms with Gasteiger partial charge in [0.05, 0.1) is 6.42 Å². The Labute approximate surface area is 125 Å². The van der Waals surface area contributed by atoms with E-state index in [1.807, 2.05) is 26.8 Å². The Morgan fingerprint density at radius 1 is 1.24 bits per heavy atom. The molecule has 4 nitrogen and oxygen atoms in total. The molecule has 0 fully saturated rings. The Morgan fingerprint density at radius 2 is 2.00 bits per heavy atom. The molecule has 21 heavy (non-hydrogen) atoms. The van der Waals surface area contributed by atoms with Crippen molar-refractivity contribution in [2.75, 3.05) is 13.1 Å². The van der Waals surface area contributed by atoms with Crippen LogP contribution >= 0.6 is 0 Å². The van der Waals surface area contributed by atoms with E-state index >= 15 is 0 Å². The molecule has 1 heterocycles. The van der Waals surface area contributed by atoms with Gasteiger partial charge < -0.3 is 15.0 Å². The minimum atomic E-state index is -0.402. The molecule has 0 spiro atoms. The molecule has 0 aliphatic carbocycles. The van der Waals surface area contributed by atoms with Gasteiger partial charge in [-0.3, -0.25) is 4.79 Å². The van der Waals surface area contributed by atoms with Crippen LogP contribution in [0, 0.1) is 0 Å². The van der Waals surface area contributed by atoms with Crippen LogP contribution in [0.25, 0.3) is 10.9 Å². The van der Waals surface area contributed by atoms with E-state index in [-0.39, 0.29) is 5.97 Å². The highest BCUT2D eigenvalue weighted by atomic mass is 16.6. The third-order valence-electron chi connectivity index (χ3n) is 3.17. The van der Waals surface area contributed by atoms with Crippen LogP contribution in [-0.4, -0.2) is 29.6 Å². The molecule has 0 aliphatic rings. The number of nitrogens with one attached hydrogen (secondary N) is 2. The number of para-hydroxylation sites is 1. The molecule has 4 heteroatoms. The van der Waals surface area contributed by atoms with Crippen LogP contribution in [0.1, 0.15) is 32.8 Å². The van der Waals surface area contributed by atoms with Gasteiger partial charge in [-0.15, -0.1) is 0 Å². The lowest BCUT2D eigenvalue weighted by atomic mass is 10.1. The molecular weight excluding hydrogens is 264 g/mol. The molecule has 1 aromatic carbocycles. The summed E-state index contributed by atoms with van der Waals surface area (Å²) in [6, 6.07) is 8.29. The van der Waals surface area contributed by atoms with Crippen LogP contribution in [0.5, 0.6) is 0 Å². The number of H-pyrrole nitrogens is 1. The highest BCUT2D eigenvalue weighted by Crippen LogP contribution is 2.17. The zero-order chi connectivity index (χ0) is 15.3. The largest absolute Gasteiger partial charge is 0.460 e. The van der Waals surface area contributed by atoms with Crippen molar-refractivity contribution >= 4 is 16.9 Å². The van der Waals surface area contributed by atoms with Gasteiger partial charge in [-0.25, -0.2) is 0 Å². The first-order valence-corrected chi connectivity index (χ1v) is 7.43. The van der Waals surface area contributed by atoms with Gasteiger partial charge in [0.15, 0.2) is 0 Å². The predicted octanol–water partition coefficient (Wildman–Crippen LogP) is 3.03. The van der Waals surface area contributed by atoms with Gasteiger partial charge in [0.2, 0.25) is 0 Å². The van der Waals surface area contributed by atoms with E-state index in [1.165, 1.54) is 16.5 Å². The van der Waals surface area contributed by atoms with Gasteiger partial charge in [0.25, 0.3) is 0 Å². The second-order valence-corrected chi connectivity index (χ2v) is 6.20. The van der Waals surface area contributed by atoms with Crippen molar-refractivity contribution in [3.8, 4) is 0 Å². The van der Waals surface area contributed by atoms with E-state index in [1.54, 1.807) is 0 Å². The topological polar surface area (TPSA) is 54.1 Å². The normalized spacial score (nSPS) is 11.8. The zero-order valence-corrected chi connectivity index (χ0v) is 13.0. The standard InChI is InChI=1S/C17H24N2O2/c1-17(2,3)21-16(20)9-11-18-10-8-13-12-19-15-7-5-4-6-14(13)15/h4-7,12,18-19H,8-11H2,1-3H3. The summed E-state index contributed by atoms with van der Waals surface area (Å²) >= 11 is 0. The number of hydrogen-bond donors (Lipinski definition) is 2. The molecule has 0 saturated carbocycles. The quantitative estimate of drug-likeness (QED) is 0.634. The molecule has 0 aliphatic heterocycles. The number of carbonyl (C=O) groups excluding carboxylic acids is 1. The highest BCUT2D eigenvalue weighted by molar-refractivity contribution is 5.83. The van der Waals surface area contributed by atoms with Crippen molar-refractivity contribution in [2.45, 2.75) is 39.2 Å². The third-order valence-corrected chi connectivity index (χ3v) is 3.17. The molecule has 0 bridgehead atoms. The molecule has 1 aromatic heterocycles. The predicted molar refractivity (Wildman–Crippen MR) is 85.3 cm³/mol. The molecule has 114 valence electrons. The first-order chi connectivity index (χ1) is 9.96. The van der Waals surface area contributed by atoms with Crippen LogP contribution in [-0.2, 0) is 16.0 Å². The molecule has 0 amide bonds. The zero-order valence-electron chi connectivity index (χ0n) is 13.0. The van der Waals surface area contributed by atoms with Crippen molar-refractivity contribution < 1.29 is 9.53 Å². The number of esters is 1. The molecule has 2 rings (SSSR count). The minimum Gasteiger partial charge on any atom is -0.460 e. The first-order valence-electron chi connectivity index (χ1n) is 7.43. The van der Waals surface area contributed by atoms with Gasteiger partial charge in [0, 0.05) is 23.6 Å². The molecular formula is C17H24N2O2. The SMILES string of the molecule is CC(C)(C)OC(=O)CCNCCc1c[nH]c2ccccc12. The number of rotatable bonds is 6. The van der Waals surface area contributed by atoms with Crippen LogP contribution in [0.2, 0.25) is 0 Å². The average molecular weight is 288 g/mol. The Bertz CT molecular complexity index is 596. The third kappa shape index (κ3) is 4.90. The second kappa shape index (κ2) is 6.76. The molecule has 2 N–H and O–H groups in total. The maximum atomic E-state index is 11.6. The lowest BCUT2D eigenvalue weighted by molar-refractivity contribution is -0.154. The van der Waals surface area contributed by atoms with Crippen molar-refractivity contribution in [3.63, 3.8) is 0 Å². The highest BCUT2D eigenvalue weighted by Gasteiger charge is 2.15. The smallest absolute Gasteiger partial charge is 0.307 e.